The predicted octanol–water partition coefficient (Wildman–Crippen LogP) is 2.14. The minimum Gasteiger partial charge on any atom is -0.376 e. The van der Waals surface area contributed by atoms with Gasteiger partial charge in [0.1, 0.15) is 0 Å². The Hall–Kier alpha value is -2.09. The summed E-state index contributed by atoms with van der Waals surface area (Å²) in [5, 5.41) is 2.68. The third kappa shape index (κ3) is 4.47. The molecule has 24 heavy (non-hydrogen) atoms. The van der Waals surface area contributed by atoms with Gasteiger partial charge in [0, 0.05) is 33.0 Å². The van der Waals surface area contributed by atoms with Gasteiger partial charge in [0.05, 0.1) is 11.8 Å². The molecule has 0 radical (unpaired) electrons. The number of benzene rings is 1. The number of amides is 2. The summed E-state index contributed by atoms with van der Waals surface area (Å²) in [5.74, 6) is -5.35. The van der Waals surface area contributed by atoms with Gasteiger partial charge in [-0.15, -0.1) is 0 Å². The Morgan fingerprint density at radius 3 is 2.67 bits per heavy atom. The van der Waals surface area contributed by atoms with E-state index < -0.39 is 29.0 Å². The molecule has 8 heteroatoms. The molecule has 2 amide bonds. The molecule has 5 nitrogen and oxygen atoms in total. The summed E-state index contributed by atoms with van der Waals surface area (Å²) in [5.41, 5.74) is -0.395. The van der Waals surface area contributed by atoms with Crippen LogP contribution in [0.25, 0.3) is 0 Å². The Balaban J connectivity index is 1.95. The summed E-state index contributed by atoms with van der Waals surface area (Å²) in [6, 6.07) is 1.71. The molecule has 1 aromatic carbocycles. The Morgan fingerprint density at radius 2 is 2.04 bits per heavy atom. The first-order valence-electron chi connectivity index (χ1n) is 7.70. The number of hydrogen-bond acceptors (Lipinski definition) is 3. The van der Waals surface area contributed by atoms with E-state index in [1.165, 1.54) is 0 Å². The Labute approximate surface area is 137 Å². The molecule has 0 bridgehead atoms. The first kappa shape index (κ1) is 18.3. The van der Waals surface area contributed by atoms with Crippen molar-refractivity contribution in [2.75, 3.05) is 24.6 Å². The van der Waals surface area contributed by atoms with Crippen molar-refractivity contribution in [3.05, 3.63) is 29.6 Å². The summed E-state index contributed by atoms with van der Waals surface area (Å²) >= 11 is 0. The Bertz CT molecular complexity index is 619. The number of nitrogens with one attached hydrogen (secondary N) is 1. The maximum Gasteiger partial charge on any atom is 0.223 e. The molecule has 1 aliphatic rings. The van der Waals surface area contributed by atoms with Gasteiger partial charge in [-0.05, 0) is 25.0 Å². The highest BCUT2D eigenvalue weighted by Gasteiger charge is 2.22. The maximum absolute atomic E-state index is 13.8. The minimum absolute atomic E-state index is 0.0125. The van der Waals surface area contributed by atoms with E-state index in [4.69, 9.17) is 4.74 Å². The molecule has 1 heterocycles. The van der Waals surface area contributed by atoms with Gasteiger partial charge in [0.25, 0.3) is 0 Å². The zero-order chi connectivity index (χ0) is 17.7. The smallest absolute Gasteiger partial charge is 0.223 e. The van der Waals surface area contributed by atoms with Crippen LogP contribution >= 0.6 is 0 Å². The van der Waals surface area contributed by atoms with Crippen molar-refractivity contribution >= 4 is 17.5 Å². The topological polar surface area (TPSA) is 58.6 Å². The van der Waals surface area contributed by atoms with E-state index in [1.54, 1.807) is 0 Å². The van der Waals surface area contributed by atoms with Crippen LogP contribution in [0.1, 0.15) is 26.2 Å². The molecular formula is C16H19F3N2O3. The lowest BCUT2D eigenvalue weighted by molar-refractivity contribution is -0.121. The summed E-state index contributed by atoms with van der Waals surface area (Å²) < 4.78 is 45.5. The third-order valence-electron chi connectivity index (χ3n) is 3.80. The van der Waals surface area contributed by atoms with Gasteiger partial charge in [-0.1, -0.05) is 0 Å². The third-order valence-corrected chi connectivity index (χ3v) is 3.80. The number of carbonyl (C=O) groups is 2. The fourth-order valence-electron chi connectivity index (χ4n) is 2.51. The van der Waals surface area contributed by atoms with Gasteiger partial charge in [-0.2, -0.15) is 0 Å². The second kappa shape index (κ2) is 8.14. The highest BCUT2D eigenvalue weighted by atomic mass is 19.2. The number of carbonyl (C=O) groups excluding carboxylic acids is 2. The van der Waals surface area contributed by atoms with Crippen molar-refractivity contribution in [3.63, 3.8) is 0 Å². The Morgan fingerprint density at radius 1 is 1.29 bits per heavy atom. The second-order valence-electron chi connectivity index (χ2n) is 5.55. The molecule has 1 aromatic rings. The standard InChI is InChI=1S/C16H19F3N2O3/c1-10(22)21(13-5-4-12(17)15(18)16(13)19)7-6-14(23)20-9-11-3-2-8-24-11/h4-5,11H,2-3,6-9H2,1H3,(H,20,23). The van der Waals surface area contributed by atoms with Gasteiger partial charge >= 0.3 is 0 Å². The number of rotatable bonds is 6. The maximum atomic E-state index is 13.8. The van der Waals surface area contributed by atoms with E-state index in [0.717, 1.165) is 36.8 Å². The van der Waals surface area contributed by atoms with Crippen LogP contribution in [0.15, 0.2) is 12.1 Å². The molecule has 0 aliphatic carbocycles. The van der Waals surface area contributed by atoms with Crippen molar-refractivity contribution < 1.29 is 27.5 Å². The van der Waals surface area contributed by atoms with E-state index in [2.05, 4.69) is 5.32 Å². The molecular weight excluding hydrogens is 325 g/mol. The van der Waals surface area contributed by atoms with Crippen molar-refractivity contribution in [3.8, 4) is 0 Å². The average Bonchev–Trinajstić information content (AvgIpc) is 3.06. The van der Waals surface area contributed by atoms with Crippen LogP contribution in [0.4, 0.5) is 18.9 Å². The predicted molar refractivity (Wildman–Crippen MR) is 80.9 cm³/mol. The zero-order valence-electron chi connectivity index (χ0n) is 13.3. The van der Waals surface area contributed by atoms with E-state index in [1.807, 2.05) is 0 Å². The van der Waals surface area contributed by atoms with Gasteiger partial charge < -0.3 is 15.0 Å². The molecule has 1 aliphatic heterocycles. The van der Waals surface area contributed by atoms with Gasteiger partial charge in [-0.25, -0.2) is 13.2 Å². The summed E-state index contributed by atoms with van der Waals surface area (Å²) in [6.45, 7) is 2.06. The van der Waals surface area contributed by atoms with Crippen LogP contribution in [-0.2, 0) is 14.3 Å². The lowest BCUT2D eigenvalue weighted by Gasteiger charge is -2.22. The number of ether oxygens (including phenoxy) is 1. The molecule has 1 fully saturated rings. The Kier molecular flexibility index (Phi) is 6.19. The van der Waals surface area contributed by atoms with Crippen LogP contribution in [0.2, 0.25) is 0 Å². The molecule has 132 valence electrons. The second-order valence-corrected chi connectivity index (χ2v) is 5.55. The highest BCUT2D eigenvalue weighted by Crippen LogP contribution is 2.24. The van der Waals surface area contributed by atoms with E-state index >= 15 is 0 Å². The van der Waals surface area contributed by atoms with E-state index in [-0.39, 0.29) is 25.0 Å². The zero-order valence-corrected chi connectivity index (χ0v) is 13.3. The van der Waals surface area contributed by atoms with Crippen LogP contribution < -0.4 is 10.2 Å². The first-order chi connectivity index (χ1) is 11.4. The molecule has 1 saturated heterocycles. The normalized spacial score (nSPS) is 16.9. The van der Waals surface area contributed by atoms with Crippen LogP contribution in [0.5, 0.6) is 0 Å². The molecule has 0 aromatic heterocycles. The van der Waals surface area contributed by atoms with E-state index in [0.29, 0.717) is 13.2 Å². The number of halogens is 3. The molecule has 2 rings (SSSR count). The number of anilines is 1. The fraction of sp³-hybridized carbons (Fsp3) is 0.500. The van der Waals surface area contributed by atoms with Crippen LogP contribution in [0.3, 0.4) is 0 Å². The quantitative estimate of drug-likeness (QED) is 0.805. The van der Waals surface area contributed by atoms with Gasteiger partial charge in [-0.3, -0.25) is 9.59 Å². The number of hydrogen-bond donors (Lipinski definition) is 1. The fourth-order valence-corrected chi connectivity index (χ4v) is 2.51. The molecule has 1 atom stereocenters. The summed E-state index contributed by atoms with van der Waals surface area (Å²) in [4.78, 5) is 24.4. The lowest BCUT2D eigenvalue weighted by Crippen LogP contribution is -2.36. The molecule has 0 saturated carbocycles. The van der Waals surface area contributed by atoms with Crippen LogP contribution in [-0.4, -0.2) is 37.6 Å². The van der Waals surface area contributed by atoms with Gasteiger partial charge in [0.2, 0.25) is 11.8 Å². The monoisotopic (exact) mass is 344 g/mol. The van der Waals surface area contributed by atoms with Crippen molar-refractivity contribution in [2.24, 2.45) is 0 Å². The SMILES string of the molecule is CC(=O)N(CCC(=O)NCC1CCCO1)c1ccc(F)c(F)c1F. The van der Waals surface area contributed by atoms with E-state index in [9.17, 15) is 22.8 Å². The van der Waals surface area contributed by atoms with Crippen molar-refractivity contribution in [1.29, 1.82) is 0 Å². The number of nitrogens with zero attached hydrogens (tertiary/aromatic N) is 1. The summed E-state index contributed by atoms with van der Waals surface area (Å²) in [7, 11) is 0. The largest absolute Gasteiger partial charge is 0.376 e. The minimum atomic E-state index is -1.65. The molecule has 1 unspecified atom stereocenters. The summed E-state index contributed by atoms with van der Waals surface area (Å²) in [6.07, 6.45) is 1.72. The van der Waals surface area contributed by atoms with Crippen LogP contribution in [0, 0.1) is 17.5 Å². The van der Waals surface area contributed by atoms with Crippen molar-refractivity contribution in [2.45, 2.75) is 32.3 Å². The molecule has 1 N–H and O–H groups in total. The highest BCUT2D eigenvalue weighted by molar-refractivity contribution is 5.92. The van der Waals surface area contributed by atoms with Gasteiger partial charge in [0.15, 0.2) is 17.5 Å². The molecule has 0 spiro atoms. The first-order valence-corrected chi connectivity index (χ1v) is 7.70. The average molecular weight is 344 g/mol. The van der Waals surface area contributed by atoms with Crippen molar-refractivity contribution in [1.82, 2.24) is 5.32 Å². The lowest BCUT2D eigenvalue weighted by atomic mass is 10.2.